The molecule has 0 saturated heterocycles. The van der Waals surface area contributed by atoms with E-state index >= 15 is 0 Å². The van der Waals surface area contributed by atoms with Gasteiger partial charge in [0.1, 0.15) is 0 Å². The van der Waals surface area contributed by atoms with Crippen LogP contribution in [0.15, 0.2) is 30.3 Å². The highest BCUT2D eigenvalue weighted by molar-refractivity contribution is 5.20. The first-order chi connectivity index (χ1) is 7.34. The lowest BCUT2D eigenvalue weighted by atomic mass is 9.95. The Balaban J connectivity index is 2.16. The van der Waals surface area contributed by atoms with Gasteiger partial charge in [0.25, 0.3) is 0 Å². The number of hydrogen-bond acceptors (Lipinski definition) is 0. The largest absolute Gasteiger partial charge is 0.0654 e. The van der Waals surface area contributed by atoms with Gasteiger partial charge in [-0.25, -0.2) is 0 Å². The van der Waals surface area contributed by atoms with Crippen molar-refractivity contribution in [1.29, 1.82) is 0 Å². The van der Waals surface area contributed by atoms with E-state index in [-0.39, 0.29) is 0 Å². The zero-order valence-corrected chi connectivity index (χ0v) is 9.91. The van der Waals surface area contributed by atoms with Crippen LogP contribution in [-0.4, -0.2) is 0 Å². The highest BCUT2D eigenvalue weighted by atomic mass is 14.1. The monoisotopic (exact) mass is 203 g/mol. The summed E-state index contributed by atoms with van der Waals surface area (Å²) < 4.78 is 0. The SMILES string of the molecule is [CH2]C(CCCCCCC)c1ccccc1. The molecule has 0 amide bonds. The minimum absolute atomic E-state index is 0.479. The highest BCUT2D eigenvalue weighted by Gasteiger charge is 2.03. The van der Waals surface area contributed by atoms with Crippen molar-refractivity contribution >= 4 is 0 Å². The van der Waals surface area contributed by atoms with E-state index in [2.05, 4.69) is 44.2 Å². The average Bonchev–Trinajstić information content (AvgIpc) is 2.30. The maximum absolute atomic E-state index is 4.23. The van der Waals surface area contributed by atoms with Crippen LogP contribution in [0.2, 0.25) is 0 Å². The first-order valence-corrected chi connectivity index (χ1v) is 6.22. The zero-order valence-electron chi connectivity index (χ0n) is 9.91. The fourth-order valence-corrected chi connectivity index (χ4v) is 1.89. The summed E-state index contributed by atoms with van der Waals surface area (Å²) in [5, 5.41) is 0. The third kappa shape index (κ3) is 5.01. The normalized spacial score (nSPS) is 12.7. The van der Waals surface area contributed by atoms with Crippen LogP contribution in [0.3, 0.4) is 0 Å². The quantitative estimate of drug-likeness (QED) is 0.549. The van der Waals surface area contributed by atoms with E-state index in [1.54, 1.807) is 0 Å². The molecular weight excluding hydrogens is 180 g/mol. The van der Waals surface area contributed by atoms with Gasteiger partial charge in [-0.1, -0.05) is 69.4 Å². The van der Waals surface area contributed by atoms with Crippen LogP contribution in [0, 0.1) is 6.92 Å². The highest BCUT2D eigenvalue weighted by Crippen LogP contribution is 2.21. The van der Waals surface area contributed by atoms with E-state index in [9.17, 15) is 0 Å². The van der Waals surface area contributed by atoms with Gasteiger partial charge in [0.15, 0.2) is 0 Å². The van der Waals surface area contributed by atoms with Gasteiger partial charge in [-0.2, -0.15) is 0 Å². The molecule has 1 aromatic carbocycles. The summed E-state index contributed by atoms with van der Waals surface area (Å²) in [5.74, 6) is 0.479. The molecule has 1 rings (SSSR count). The number of unbranched alkanes of at least 4 members (excludes halogenated alkanes) is 4. The molecule has 1 aromatic rings. The van der Waals surface area contributed by atoms with Crippen molar-refractivity contribution in [2.24, 2.45) is 0 Å². The molecular formula is C15H23. The Morgan fingerprint density at radius 2 is 1.67 bits per heavy atom. The molecule has 0 aromatic heterocycles. The Labute approximate surface area is 94.7 Å². The summed E-state index contributed by atoms with van der Waals surface area (Å²) in [5.41, 5.74) is 1.38. The molecule has 0 fully saturated rings. The maximum Gasteiger partial charge on any atom is -0.0162 e. The van der Waals surface area contributed by atoms with E-state index in [0.29, 0.717) is 5.92 Å². The molecule has 0 aliphatic heterocycles. The van der Waals surface area contributed by atoms with Crippen LogP contribution >= 0.6 is 0 Å². The standard InChI is InChI=1S/C15H23/c1-3-4-5-6-8-11-14(2)15-12-9-7-10-13-15/h7,9-10,12-14H,2-6,8,11H2,1H3. The maximum atomic E-state index is 4.23. The van der Waals surface area contributed by atoms with Gasteiger partial charge < -0.3 is 0 Å². The predicted octanol–water partition coefficient (Wildman–Crippen LogP) is 4.96. The molecule has 0 bridgehead atoms. The molecule has 0 heterocycles. The first-order valence-electron chi connectivity index (χ1n) is 6.22. The second-order valence-corrected chi connectivity index (χ2v) is 4.31. The summed E-state index contributed by atoms with van der Waals surface area (Å²) in [6.45, 7) is 6.48. The zero-order chi connectivity index (χ0) is 10.9. The summed E-state index contributed by atoms with van der Waals surface area (Å²) in [6, 6.07) is 10.6. The lowest BCUT2D eigenvalue weighted by molar-refractivity contribution is 0.585. The Bertz CT molecular complexity index is 237. The Morgan fingerprint density at radius 3 is 2.33 bits per heavy atom. The third-order valence-electron chi connectivity index (χ3n) is 2.93. The van der Waals surface area contributed by atoms with Crippen LogP contribution < -0.4 is 0 Å². The van der Waals surface area contributed by atoms with E-state index in [0.717, 1.165) is 0 Å². The van der Waals surface area contributed by atoms with Crippen LogP contribution in [-0.2, 0) is 0 Å². The number of rotatable bonds is 7. The first kappa shape index (κ1) is 12.3. The van der Waals surface area contributed by atoms with E-state index in [1.807, 2.05) is 0 Å². The molecule has 0 heteroatoms. The summed E-state index contributed by atoms with van der Waals surface area (Å²) in [4.78, 5) is 0. The molecule has 1 unspecified atom stereocenters. The topological polar surface area (TPSA) is 0 Å². The van der Waals surface area contributed by atoms with Crippen molar-refractivity contribution in [2.45, 2.75) is 51.4 Å². The van der Waals surface area contributed by atoms with Gasteiger partial charge in [0.2, 0.25) is 0 Å². The molecule has 1 atom stereocenters. The van der Waals surface area contributed by atoms with Crippen LogP contribution in [0.1, 0.15) is 56.9 Å². The van der Waals surface area contributed by atoms with Gasteiger partial charge >= 0.3 is 0 Å². The number of hydrogen-bond donors (Lipinski definition) is 0. The predicted molar refractivity (Wildman–Crippen MR) is 67.9 cm³/mol. The van der Waals surface area contributed by atoms with E-state index < -0.39 is 0 Å². The van der Waals surface area contributed by atoms with Crippen LogP contribution in [0.25, 0.3) is 0 Å². The summed E-state index contributed by atoms with van der Waals surface area (Å²) in [6.07, 6.45) is 8.02. The van der Waals surface area contributed by atoms with Crippen molar-refractivity contribution in [1.82, 2.24) is 0 Å². The summed E-state index contributed by atoms with van der Waals surface area (Å²) >= 11 is 0. The second kappa shape index (κ2) is 7.50. The molecule has 1 radical (unpaired) electrons. The Kier molecular flexibility index (Phi) is 6.15. The second-order valence-electron chi connectivity index (χ2n) is 4.31. The van der Waals surface area contributed by atoms with Gasteiger partial charge in [-0.3, -0.25) is 0 Å². The van der Waals surface area contributed by atoms with Crippen molar-refractivity contribution in [3.8, 4) is 0 Å². The average molecular weight is 203 g/mol. The molecule has 83 valence electrons. The van der Waals surface area contributed by atoms with Gasteiger partial charge in [-0.05, 0) is 24.8 Å². The molecule has 0 nitrogen and oxygen atoms in total. The smallest absolute Gasteiger partial charge is 0.0162 e. The summed E-state index contributed by atoms with van der Waals surface area (Å²) in [7, 11) is 0. The van der Waals surface area contributed by atoms with Crippen molar-refractivity contribution in [3.05, 3.63) is 42.8 Å². The molecule has 0 saturated carbocycles. The van der Waals surface area contributed by atoms with Crippen molar-refractivity contribution in [2.75, 3.05) is 0 Å². The lowest BCUT2D eigenvalue weighted by Gasteiger charge is -2.10. The third-order valence-corrected chi connectivity index (χ3v) is 2.93. The lowest BCUT2D eigenvalue weighted by Crippen LogP contribution is -1.93. The minimum atomic E-state index is 0.479. The molecule has 0 spiro atoms. The van der Waals surface area contributed by atoms with Crippen LogP contribution in [0.4, 0.5) is 0 Å². The fourth-order valence-electron chi connectivity index (χ4n) is 1.89. The molecule has 0 N–H and O–H groups in total. The van der Waals surface area contributed by atoms with Crippen molar-refractivity contribution in [3.63, 3.8) is 0 Å². The van der Waals surface area contributed by atoms with Gasteiger partial charge in [0.05, 0.1) is 0 Å². The molecule has 0 aliphatic carbocycles. The fraction of sp³-hybridized carbons (Fsp3) is 0.533. The Morgan fingerprint density at radius 1 is 1.00 bits per heavy atom. The van der Waals surface area contributed by atoms with E-state index in [4.69, 9.17) is 0 Å². The van der Waals surface area contributed by atoms with Gasteiger partial charge in [0, 0.05) is 0 Å². The minimum Gasteiger partial charge on any atom is -0.0654 e. The Hall–Kier alpha value is -0.780. The number of benzene rings is 1. The molecule has 0 aliphatic rings. The molecule has 15 heavy (non-hydrogen) atoms. The van der Waals surface area contributed by atoms with Crippen LogP contribution in [0.5, 0.6) is 0 Å². The van der Waals surface area contributed by atoms with Gasteiger partial charge in [-0.15, -0.1) is 0 Å². The van der Waals surface area contributed by atoms with Crippen molar-refractivity contribution < 1.29 is 0 Å². The van der Waals surface area contributed by atoms with E-state index in [1.165, 1.54) is 44.1 Å².